The summed E-state index contributed by atoms with van der Waals surface area (Å²) in [5.41, 5.74) is -2.23. The molecule has 0 atom stereocenters. The quantitative estimate of drug-likeness (QED) is 0.567. The molecule has 10 heteroatoms. The number of benzene rings is 1. The number of hydrogen-bond acceptors (Lipinski definition) is 7. The van der Waals surface area contributed by atoms with Crippen LogP contribution in [0.15, 0.2) is 12.1 Å². The summed E-state index contributed by atoms with van der Waals surface area (Å²) < 4.78 is 5.05. The number of hydrogen-bond donors (Lipinski definition) is 0. The van der Waals surface area contributed by atoms with Crippen molar-refractivity contribution in [2.24, 2.45) is 0 Å². The van der Waals surface area contributed by atoms with Crippen molar-refractivity contribution in [1.82, 2.24) is 4.90 Å². The van der Waals surface area contributed by atoms with E-state index in [0.717, 1.165) is 6.07 Å². The fraction of sp³-hybridized carbons (Fsp3) is 0.364. The van der Waals surface area contributed by atoms with Crippen molar-refractivity contribution in [2.45, 2.75) is 0 Å². The van der Waals surface area contributed by atoms with Gasteiger partial charge >= 0.3 is 0 Å². The van der Waals surface area contributed by atoms with E-state index in [9.17, 15) is 30.1 Å². The Balaban J connectivity index is 2.48. The van der Waals surface area contributed by atoms with Crippen LogP contribution in [-0.4, -0.2) is 47.0 Å². The molecule has 0 spiro atoms. The van der Waals surface area contributed by atoms with Crippen LogP contribution in [0.2, 0.25) is 0 Å². The molecule has 0 radical (unpaired) electrons. The van der Waals surface area contributed by atoms with Crippen LogP contribution < -0.4 is 5.11 Å². The highest BCUT2D eigenvalue weighted by Gasteiger charge is 2.26. The average Bonchev–Trinajstić information content (AvgIpc) is 2.47. The summed E-state index contributed by atoms with van der Waals surface area (Å²) in [6.45, 7) is 0.984. The first-order valence-electron chi connectivity index (χ1n) is 5.92. The van der Waals surface area contributed by atoms with Gasteiger partial charge < -0.3 is 14.7 Å². The number of carbonyl (C=O) groups excluding carboxylic acids is 1. The van der Waals surface area contributed by atoms with Crippen molar-refractivity contribution >= 4 is 17.3 Å². The predicted octanol–water partition coefficient (Wildman–Crippen LogP) is 0.0490. The maximum atomic E-state index is 12.2. The third-order valence-corrected chi connectivity index (χ3v) is 2.99. The summed E-state index contributed by atoms with van der Waals surface area (Å²) in [5.74, 6) is -1.89. The number of non-ortho nitro benzene ring substituents is 1. The lowest BCUT2D eigenvalue weighted by Gasteiger charge is -2.28. The van der Waals surface area contributed by atoms with Crippen molar-refractivity contribution in [1.29, 1.82) is 0 Å². The Kier molecular flexibility index (Phi) is 3.98. The molecular formula is C11H10N3O7-. The van der Waals surface area contributed by atoms with E-state index in [2.05, 4.69) is 0 Å². The van der Waals surface area contributed by atoms with Crippen molar-refractivity contribution < 1.29 is 24.5 Å². The lowest BCUT2D eigenvalue weighted by Crippen LogP contribution is -2.41. The molecule has 0 bridgehead atoms. The van der Waals surface area contributed by atoms with E-state index in [1.165, 1.54) is 4.90 Å². The SMILES string of the molecule is O=C(c1cc([N+](=O)[O-])cc([N+](=O)[O-])c1[O-])N1CCOCC1. The minimum atomic E-state index is -1.12. The molecule has 21 heavy (non-hydrogen) atoms. The first-order valence-corrected chi connectivity index (χ1v) is 5.92. The van der Waals surface area contributed by atoms with Crippen LogP contribution >= 0.6 is 0 Å². The maximum absolute atomic E-state index is 12.2. The Labute approximate surface area is 117 Å². The molecule has 1 fully saturated rings. The largest absolute Gasteiger partial charge is 0.867 e. The molecule has 0 N–H and O–H groups in total. The second-order valence-electron chi connectivity index (χ2n) is 4.26. The lowest BCUT2D eigenvalue weighted by atomic mass is 10.1. The van der Waals surface area contributed by atoms with Crippen molar-refractivity contribution in [3.05, 3.63) is 37.9 Å². The first-order chi connectivity index (χ1) is 9.91. The summed E-state index contributed by atoms with van der Waals surface area (Å²) in [6, 6.07) is 1.32. The molecule has 2 rings (SSSR count). The summed E-state index contributed by atoms with van der Waals surface area (Å²) >= 11 is 0. The number of nitro benzene ring substituents is 2. The molecule has 1 aromatic carbocycles. The van der Waals surface area contributed by atoms with Gasteiger partial charge in [0.25, 0.3) is 17.3 Å². The monoisotopic (exact) mass is 296 g/mol. The van der Waals surface area contributed by atoms with Gasteiger partial charge in [-0.05, 0) is 5.75 Å². The fourth-order valence-corrected chi connectivity index (χ4v) is 1.94. The van der Waals surface area contributed by atoms with Gasteiger partial charge in [-0.2, -0.15) is 0 Å². The van der Waals surface area contributed by atoms with E-state index in [4.69, 9.17) is 4.74 Å². The van der Waals surface area contributed by atoms with Crippen LogP contribution in [0, 0.1) is 20.2 Å². The average molecular weight is 296 g/mol. The highest BCUT2D eigenvalue weighted by atomic mass is 16.6. The minimum absolute atomic E-state index is 0.217. The van der Waals surface area contributed by atoms with Crippen LogP contribution in [0.4, 0.5) is 11.4 Å². The number of rotatable bonds is 3. The second-order valence-corrected chi connectivity index (χ2v) is 4.26. The molecular weight excluding hydrogens is 286 g/mol. The molecule has 0 saturated carbocycles. The van der Waals surface area contributed by atoms with Crippen LogP contribution in [0.3, 0.4) is 0 Å². The van der Waals surface area contributed by atoms with E-state index in [1.54, 1.807) is 0 Å². The van der Waals surface area contributed by atoms with Gasteiger partial charge in [-0.3, -0.25) is 25.0 Å². The zero-order valence-electron chi connectivity index (χ0n) is 10.7. The number of nitro groups is 2. The molecule has 1 aliphatic heterocycles. The zero-order valence-corrected chi connectivity index (χ0v) is 10.7. The Bertz CT molecular complexity index is 610. The number of ether oxygens (including phenoxy) is 1. The minimum Gasteiger partial charge on any atom is -0.867 e. The van der Waals surface area contributed by atoms with Gasteiger partial charge in [0.2, 0.25) is 0 Å². The predicted molar refractivity (Wildman–Crippen MR) is 65.9 cm³/mol. The Morgan fingerprint density at radius 3 is 2.29 bits per heavy atom. The Hall–Kier alpha value is -2.75. The van der Waals surface area contributed by atoms with E-state index in [1.807, 2.05) is 0 Å². The van der Waals surface area contributed by atoms with Crippen molar-refractivity contribution in [3.8, 4) is 5.75 Å². The van der Waals surface area contributed by atoms with Crippen molar-refractivity contribution in [2.75, 3.05) is 26.3 Å². The molecule has 0 aromatic heterocycles. The maximum Gasteiger partial charge on any atom is 0.277 e. The molecule has 112 valence electrons. The van der Waals surface area contributed by atoms with E-state index in [0.29, 0.717) is 6.07 Å². The fourth-order valence-electron chi connectivity index (χ4n) is 1.94. The summed E-state index contributed by atoms with van der Waals surface area (Å²) in [6.07, 6.45) is 0. The molecule has 1 saturated heterocycles. The number of nitrogens with zero attached hydrogens (tertiary/aromatic N) is 3. The van der Waals surface area contributed by atoms with Crippen LogP contribution in [0.1, 0.15) is 10.4 Å². The molecule has 1 amide bonds. The van der Waals surface area contributed by atoms with Crippen molar-refractivity contribution in [3.63, 3.8) is 0 Å². The van der Waals surface area contributed by atoms with Gasteiger partial charge in [0.15, 0.2) is 0 Å². The lowest BCUT2D eigenvalue weighted by molar-refractivity contribution is -0.403. The highest BCUT2D eigenvalue weighted by Crippen LogP contribution is 2.33. The van der Waals surface area contributed by atoms with Gasteiger partial charge in [0.1, 0.15) is 0 Å². The summed E-state index contributed by atoms with van der Waals surface area (Å²) in [5, 5.41) is 33.5. The number of amides is 1. The Morgan fingerprint density at radius 1 is 1.14 bits per heavy atom. The smallest absolute Gasteiger partial charge is 0.277 e. The molecule has 0 unspecified atom stereocenters. The zero-order chi connectivity index (χ0) is 15.6. The molecule has 1 aromatic rings. The van der Waals surface area contributed by atoms with Crippen LogP contribution in [-0.2, 0) is 4.74 Å². The van der Waals surface area contributed by atoms with E-state index in [-0.39, 0.29) is 26.3 Å². The number of carbonyl (C=O) groups is 1. The molecule has 0 aliphatic carbocycles. The van der Waals surface area contributed by atoms with Crippen LogP contribution in [0.25, 0.3) is 0 Å². The van der Waals surface area contributed by atoms with Crippen LogP contribution in [0.5, 0.6) is 5.75 Å². The third-order valence-electron chi connectivity index (χ3n) is 2.99. The molecule has 1 heterocycles. The van der Waals surface area contributed by atoms with Gasteiger partial charge in [-0.15, -0.1) is 0 Å². The summed E-state index contributed by atoms with van der Waals surface area (Å²) in [7, 11) is 0. The molecule has 1 aliphatic rings. The summed E-state index contributed by atoms with van der Waals surface area (Å²) in [4.78, 5) is 33.1. The van der Waals surface area contributed by atoms with Gasteiger partial charge in [-0.1, -0.05) is 0 Å². The Morgan fingerprint density at radius 2 is 1.76 bits per heavy atom. The number of morpholine rings is 1. The standard InChI is InChI=1S/C11H11N3O7/c15-10-8(11(16)12-1-3-21-4-2-12)5-7(13(17)18)6-9(10)14(19)20/h5-6,15H,1-4H2/p-1. The van der Waals surface area contributed by atoms with Gasteiger partial charge in [0.05, 0.1) is 29.1 Å². The normalized spacial score (nSPS) is 14.8. The second kappa shape index (κ2) is 5.71. The van der Waals surface area contributed by atoms with E-state index < -0.39 is 38.4 Å². The molecule has 10 nitrogen and oxygen atoms in total. The first kappa shape index (κ1) is 14.7. The third kappa shape index (κ3) is 2.89. The topological polar surface area (TPSA) is 139 Å². The van der Waals surface area contributed by atoms with Gasteiger partial charge in [-0.25, -0.2) is 0 Å². The van der Waals surface area contributed by atoms with E-state index >= 15 is 0 Å². The van der Waals surface area contributed by atoms with Gasteiger partial charge in [0, 0.05) is 24.7 Å². The highest BCUT2D eigenvalue weighted by molar-refractivity contribution is 5.98.